The SMILES string of the molecule is CCC1(C(=O)N(CCC(C)C)C2CCCC2)CCCNC1. The maximum Gasteiger partial charge on any atom is 0.230 e. The van der Waals surface area contributed by atoms with Crippen LogP contribution >= 0.6 is 0 Å². The molecule has 1 saturated carbocycles. The lowest BCUT2D eigenvalue weighted by atomic mass is 9.76. The van der Waals surface area contributed by atoms with Crippen LogP contribution in [-0.2, 0) is 4.79 Å². The molecule has 1 aliphatic carbocycles. The Bertz CT molecular complexity index is 328. The van der Waals surface area contributed by atoms with Crippen molar-refractivity contribution >= 4 is 5.91 Å². The molecular weight excluding hydrogens is 260 g/mol. The fraction of sp³-hybridized carbons (Fsp3) is 0.944. The van der Waals surface area contributed by atoms with Crippen LogP contribution in [0.15, 0.2) is 0 Å². The van der Waals surface area contributed by atoms with E-state index in [1.807, 2.05) is 0 Å². The van der Waals surface area contributed by atoms with Gasteiger partial charge in [0, 0.05) is 19.1 Å². The predicted octanol–water partition coefficient (Wildman–Crippen LogP) is 3.58. The van der Waals surface area contributed by atoms with Gasteiger partial charge in [-0.1, -0.05) is 33.6 Å². The van der Waals surface area contributed by atoms with Crippen molar-refractivity contribution in [1.29, 1.82) is 0 Å². The third-order valence-corrected chi connectivity index (χ3v) is 5.58. The van der Waals surface area contributed by atoms with Crippen molar-refractivity contribution in [2.45, 2.75) is 78.2 Å². The van der Waals surface area contributed by atoms with Crippen molar-refractivity contribution in [2.75, 3.05) is 19.6 Å². The molecular formula is C18H34N2O. The van der Waals surface area contributed by atoms with Crippen LogP contribution in [0.25, 0.3) is 0 Å². The fourth-order valence-corrected chi connectivity index (χ4v) is 3.97. The number of amides is 1. The van der Waals surface area contributed by atoms with E-state index in [1.165, 1.54) is 25.7 Å². The lowest BCUT2D eigenvalue weighted by molar-refractivity contribution is -0.146. The maximum absolute atomic E-state index is 13.3. The highest BCUT2D eigenvalue weighted by Crippen LogP contribution is 2.35. The molecule has 1 amide bonds. The average Bonchev–Trinajstić information content (AvgIpc) is 3.02. The summed E-state index contributed by atoms with van der Waals surface area (Å²) in [6, 6.07) is 0.515. The minimum absolute atomic E-state index is 0.127. The number of hydrogen-bond donors (Lipinski definition) is 1. The van der Waals surface area contributed by atoms with Crippen LogP contribution in [0.5, 0.6) is 0 Å². The smallest absolute Gasteiger partial charge is 0.230 e. The van der Waals surface area contributed by atoms with E-state index in [9.17, 15) is 4.79 Å². The topological polar surface area (TPSA) is 32.3 Å². The Hall–Kier alpha value is -0.570. The van der Waals surface area contributed by atoms with Crippen LogP contribution in [0, 0.1) is 11.3 Å². The first-order valence-corrected chi connectivity index (χ1v) is 9.11. The second kappa shape index (κ2) is 7.62. The molecule has 0 bridgehead atoms. The molecule has 0 spiro atoms. The summed E-state index contributed by atoms with van der Waals surface area (Å²) in [7, 11) is 0. The molecule has 2 aliphatic rings. The molecule has 0 aromatic heterocycles. The monoisotopic (exact) mass is 294 g/mol. The van der Waals surface area contributed by atoms with Crippen molar-refractivity contribution in [3.8, 4) is 0 Å². The molecule has 1 atom stereocenters. The molecule has 1 unspecified atom stereocenters. The highest BCUT2D eigenvalue weighted by Gasteiger charge is 2.42. The van der Waals surface area contributed by atoms with Crippen molar-refractivity contribution in [3.05, 3.63) is 0 Å². The summed E-state index contributed by atoms with van der Waals surface area (Å²) in [5, 5.41) is 3.47. The molecule has 1 heterocycles. The molecule has 0 aromatic rings. The van der Waals surface area contributed by atoms with Crippen LogP contribution in [0.2, 0.25) is 0 Å². The Morgan fingerprint density at radius 1 is 1.29 bits per heavy atom. The third-order valence-electron chi connectivity index (χ3n) is 5.58. The molecule has 3 nitrogen and oxygen atoms in total. The first kappa shape index (κ1) is 16.8. The second-order valence-electron chi connectivity index (χ2n) is 7.53. The van der Waals surface area contributed by atoms with Gasteiger partial charge in [-0.15, -0.1) is 0 Å². The molecule has 122 valence electrons. The third kappa shape index (κ3) is 4.00. The first-order chi connectivity index (χ1) is 10.1. The van der Waals surface area contributed by atoms with Gasteiger partial charge in [-0.2, -0.15) is 0 Å². The summed E-state index contributed by atoms with van der Waals surface area (Å²) in [5.74, 6) is 1.12. The number of nitrogens with one attached hydrogen (secondary N) is 1. The lowest BCUT2D eigenvalue weighted by Crippen LogP contribution is -2.54. The molecule has 3 heteroatoms. The Balaban J connectivity index is 2.11. The average molecular weight is 294 g/mol. The summed E-state index contributed by atoms with van der Waals surface area (Å²) < 4.78 is 0. The van der Waals surface area contributed by atoms with Crippen molar-refractivity contribution in [2.24, 2.45) is 11.3 Å². The highest BCUT2D eigenvalue weighted by atomic mass is 16.2. The van der Waals surface area contributed by atoms with Crippen LogP contribution in [-0.4, -0.2) is 36.5 Å². The highest BCUT2D eigenvalue weighted by molar-refractivity contribution is 5.83. The van der Waals surface area contributed by atoms with E-state index >= 15 is 0 Å². The van der Waals surface area contributed by atoms with E-state index in [1.54, 1.807) is 0 Å². The van der Waals surface area contributed by atoms with Gasteiger partial charge in [0.2, 0.25) is 5.91 Å². The number of hydrogen-bond acceptors (Lipinski definition) is 2. The van der Waals surface area contributed by atoms with E-state index in [0.29, 0.717) is 17.9 Å². The molecule has 1 saturated heterocycles. The summed E-state index contributed by atoms with van der Waals surface area (Å²) in [5.41, 5.74) is -0.127. The Morgan fingerprint density at radius 3 is 2.52 bits per heavy atom. The summed E-state index contributed by atoms with van der Waals surface area (Å²) >= 11 is 0. The molecule has 0 aromatic carbocycles. The number of carbonyl (C=O) groups is 1. The van der Waals surface area contributed by atoms with E-state index in [2.05, 4.69) is 31.0 Å². The predicted molar refractivity (Wildman–Crippen MR) is 88.3 cm³/mol. The van der Waals surface area contributed by atoms with Crippen LogP contribution in [0.1, 0.15) is 72.1 Å². The van der Waals surface area contributed by atoms with E-state index < -0.39 is 0 Å². The number of nitrogens with zero attached hydrogens (tertiary/aromatic N) is 1. The standard InChI is InChI=1S/C18H34N2O/c1-4-18(11-7-12-19-14-18)17(21)20(13-10-15(2)3)16-8-5-6-9-16/h15-16,19H,4-14H2,1-3H3. The van der Waals surface area contributed by atoms with Gasteiger partial charge in [0.05, 0.1) is 5.41 Å². The van der Waals surface area contributed by atoms with E-state index in [0.717, 1.165) is 45.3 Å². The van der Waals surface area contributed by atoms with Crippen LogP contribution in [0.4, 0.5) is 0 Å². The van der Waals surface area contributed by atoms with Gasteiger partial charge in [0.25, 0.3) is 0 Å². The van der Waals surface area contributed by atoms with Crippen LogP contribution < -0.4 is 5.32 Å². The molecule has 1 aliphatic heterocycles. The zero-order valence-corrected chi connectivity index (χ0v) is 14.3. The molecule has 1 N–H and O–H groups in total. The van der Waals surface area contributed by atoms with E-state index in [4.69, 9.17) is 0 Å². The van der Waals surface area contributed by atoms with Gasteiger partial charge < -0.3 is 10.2 Å². The summed E-state index contributed by atoms with van der Waals surface area (Å²) in [6.45, 7) is 9.63. The van der Waals surface area contributed by atoms with Gasteiger partial charge in [-0.25, -0.2) is 0 Å². The minimum atomic E-state index is -0.127. The minimum Gasteiger partial charge on any atom is -0.339 e. The number of rotatable bonds is 6. The quantitative estimate of drug-likeness (QED) is 0.812. The second-order valence-corrected chi connectivity index (χ2v) is 7.53. The number of carbonyl (C=O) groups excluding carboxylic acids is 1. The molecule has 0 radical (unpaired) electrons. The first-order valence-electron chi connectivity index (χ1n) is 9.11. The zero-order valence-electron chi connectivity index (χ0n) is 14.3. The van der Waals surface area contributed by atoms with Crippen LogP contribution in [0.3, 0.4) is 0 Å². The molecule has 2 fully saturated rings. The summed E-state index contributed by atoms with van der Waals surface area (Å²) in [6.07, 6.45) is 9.36. The Morgan fingerprint density at radius 2 is 2.00 bits per heavy atom. The molecule has 21 heavy (non-hydrogen) atoms. The van der Waals surface area contributed by atoms with Gasteiger partial charge in [0.15, 0.2) is 0 Å². The zero-order chi connectivity index (χ0) is 15.3. The lowest BCUT2D eigenvalue weighted by Gasteiger charge is -2.42. The normalized spacial score (nSPS) is 27.2. The van der Waals surface area contributed by atoms with Crippen molar-refractivity contribution in [3.63, 3.8) is 0 Å². The molecule has 2 rings (SSSR count). The summed E-state index contributed by atoms with van der Waals surface area (Å²) in [4.78, 5) is 15.6. The van der Waals surface area contributed by atoms with Gasteiger partial charge >= 0.3 is 0 Å². The van der Waals surface area contributed by atoms with Gasteiger partial charge in [-0.3, -0.25) is 4.79 Å². The number of piperidine rings is 1. The van der Waals surface area contributed by atoms with Crippen molar-refractivity contribution < 1.29 is 4.79 Å². The van der Waals surface area contributed by atoms with E-state index in [-0.39, 0.29) is 5.41 Å². The largest absolute Gasteiger partial charge is 0.339 e. The Labute approximate surface area is 130 Å². The van der Waals surface area contributed by atoms with Crippen molar-refractivity contribution in [1.82, 2.24) is 10.2 Å². The maximum atomic E-state index is 13.3. The fourth-order valence-electron chi connectivity index (χ4n) is 3.97. The van der Waals surface area contributed by atoms with Gasteiger partial charge in [0.1, 0.15) is 0 Å². The Kier molecular flexibility index (Phi) is 6.09. The van der Waals surface area contributed by atoms with Gasteiger partial charge in [-0.05, 0) is 51.0 Å².